The molecule has 0 unspecified atom stereocenters. The Morgan fingerprint density at radius 2 is 2.00 bits per heavy atom. The first-order valence-corrected chi connectivity index (χ1v) is 10.9. The summed E-state index contributed by atoms with van der Waals surface area (Å²) in [4.78, 5) is 2.32. The van der Waals surface area contributed by atoms with E-state index in [9.17, 15) is 8.42 Å². The zero-order chi connectivity index (χ0) is 18.3. The molecule has 2 rings (SSSR count). The molecule has 1 fully saturated rings. The molecule has 1 aliphatic heterocycles. The van der Waals surface area contributed by atoms with Gasteiger partial charge >= 0.3 is 0 Å². The van der Waals surface area contributed by atoms with Crippen molar-refractivity contribution in [3.05, 3.63) is 35.4 Å². The number of morpholine rings is 1. The van der Waals surface area contributed by atoms with Gasteiger partial charge in [0, 0.05) is 25.7 Å². The molecule has 0 radical (unpaired) electrons. The average Bonchev–Trinajstić information content (AvgIpc) is 2.60. The smallest absolute Gasteiger partial charge is 0.214 e. The Morgan fingerprint density at radius 1 is 1.28 bits per heavy atom. The molecule has 0 aliphatic carbocycles. The molecule has 142 valence electrons. The quantitative estimate of drug-likeness (QED) is 0.728. The van der Waals surface area contributed by atoms with Crippen LogP contribution >= 0.6 is 0 Å². The highest BCUT2D eigenvalue weighted by molar-refractivity contribution is 7.90. The summed E-state index contributed by atoms with van der Waals surface area (Å²) in [6.45, 7) is 9.40. The summed E-state index contributed by atoms with van der Waals surface area (Å²) in [7, 11) is -3.29. The van der Waals surface area contributed by atoms with E-state index in [-0.39, 0.29) is 11.3 Å². The lowest BCUT2D eigenvalue weighted by Crippen LogP contribution is -2.45. The van der Waals surface area contributed by atoms with Crippen molar-refractivity contribution >= 4 is 10.0 Å². The maximum absolute atomic E-state index is 12.6. The van der Waals surface area contributed by atoms with Gasteiger partial charge in [-0.1, -0.05) is 49.6 Å². The standard InChI is InChI=1S/C19H32N2O3S/c1-4-5-8-17(3)25(22,23)20-15-19(21-10-12-24-13-11-21)18-9-6-7-16(2)14-18/h6-7,9,14,17,19-20H,4-5,8,10-13,15H2,1-3H3/t17-,19+/m1/s1. The van der Waals surface area contributed by atoms with Crippen LogP contribution < -0.4 is 4.72 Å². The normalized spacial score (nSPS) is 18.8. The van der Waals surface area contributed by atoms with Gasteiger partial charge in [-0.05, 0) is 25.8 Å². The highest BCUT2D eigenvalue weighted by Gasteiger charge is 2.26. The van der Waals surface area contributed by atoms with Crippen LogP contribution in [0.25, 0.3) is 0 Å². The van der Waals surface area contributed by atoms with E-state index < -0.39 is 10.0 Å². The fraction of sp³-hybridized carbons (Fsp3) is 0.684. The number of nitrogens with zero attached hydrogens (tertiary/aromatic N) is 1. The highest BCUT2D eigenvalue weighted by Crippen LogP contribution is 2.23. The Balaban J connectivity index is 2.10. The number of ether oxygens (including phenoxy) is 1. The second-order valence-electron chi connectivity index (χ2n) is 6.92. The topological polar surface area (TPSA) is 58.6 Å². The lowest BCUT2D eigenvalue weighted by Gasteiger charge is -2.35. The van der Waals surface area contributed by atoms with Crippen molar-refractivity contribution in [3.8, 4) is 0 Å². The zero-order valence-electron chi connectivity index (χ0n) is 15.7. The Morgan fingerprint density at radius 3 is 2.64 bits per heavy atom. The number of rotatable bonds is 9. The van der Waals surface area contributed by atoms with E-state index in [1.165, 1.54) is 5.56 Å². The van der Waals surface area contributed by atoms with Crippen molar-refractivity contribution in [2.45, 2.75) is 51.3 Å². The average molecular weight is 369 g/mol. The lowest BCUT2D eigenvalue weighted by atomic mass is 10.0. The van der Waals surface area contributed by atoms with E-state index in [4.69, 9.17) is 4.74 Å². The van der Waals surface area contributed by atoms with Gasteiger partial charge in [0.2, 0.25) is 10.0 Å². The summed E-state index contributed by atoms with van der Waals surface area (Å²) in [6, 6.07) is 8.38. The maximum atomic E-state index is 12.6. The van der Waals surface area contributed by atoms with Gasteiger partial charge in [-0.2, -0.15) is 0 Å². The molecule has 1 aromatic rings. The first kappa shape index (κ1) is 20.4. The van der Waals surface area contributed by atoms with Crippen molar-refractivity contribution in [1.82, 2.24) is 9.62 Å². The van der Waals surface area contributed by atoms with Crippen molar-refractivity contribution in [2.75, 3.05) is 32.8 Å². The first-order chi connectivity index (χ1) is 11.9. The van der Waals surface area contributed by atoms with Crippen LogP contribution in [0.15, 0.2) is 24.3 Å². The molecular weight excluding hydrogens is 336 g/mol. The SMILES string of the molecule is CCCC[C@@H](C)S(=O)(=O)NC[C@@H](c1cccc(C)c1)N1CCOCC1. The number of nitrogens with one attached hydrogen (secondary N) is 1. The van der Waals surface area contributed by atoms with Gasteiger partial charge in [-0.15, -0.1) is 0 Å². The number of hydrogen-bond acceptors (Lipinski definition) is 4. The largest absolute Gasteiger partial charge is 0.379 e. The molecule has 5 nitrogen and oxygen atoms in total. The van der Waals surface area contributed by atoms with E-state index in [0.717, 1.165) is 31.5 Å². The summed E-state index contributed by atoms with van der Waals surface area (Å²) in [5, 5.41) is -0.352. The fourth-order valence-electron chi connectivity index (χ4n) is 3.21. The van der Waals surface area contributed by atoms with Gasteiger partial charge < -0.3 is 4.74 Å². The van der Waals surface area contributed by atoms with Crippen molar-refractivity contribution in [3.63, 3.8) is 0 Å². The molecule has 1 aromatic carbocycles. The van der Waals surface area contributed by atoms with Crippen LogP contribution in [0.3, 0.4) is 0 Å². The van der Waals surface area contributed by atoms with Gasteiger partial charge in [0.15, 0.2) is 0 Å². The van der Waals surface area contributed by atoms with Gasteiger partial charge in [-0.25, -0.2) is 13.1 Å². The second-order valence-corrected chi connectivity index (χ2v) is 9.11. The highest BCUT2D eigenvalue weighted by atomic mass is 32.2. The van der Waals surface area contributed by atoms with Gasteiger partial charge in [0.05, 0.1) is 18.5 Å². The summed E-state index contributed by atoms with van der Waals surface area (Å²) in [5.41, 5.74) is 2.35. The predicted molar refractivity (Wildman–Crippen MR) is 102 cm³/mol. The number of sulfonamides is 1. The van der Waals surface area contributed by atoms with E-state index in [1.54, 1.807) is 6.92 Å². The molecule has 0 spiro atoms. The van der Waals surface area contributed by atoms with Crippen LogP contribution in [0.5, 0.6) is 0 Å². The molecule has 6 heteroatoms. The number of hydrogen-bond donors (Lipinski definition) is 1. The summed E-state index contributed by atoms with van der Waals surface area (Å²) < 4.78 is 33.5. The molecular formula is C19H32N2O3S. The van der Waals surface area contributed by atoms with Gasteiger partial charge in [0.1, 0.15) is 0 Å². The van der Waals surface area contributed by atoms with Crippen LogP contribution in [0.1, 0.15) is 50.3 Å². The van der Waals surface area contributed by atoms with E-state index in [1.807, 2.05) is 6.07 Å². The molecule has 0 aromatic heterocycles. The summed E-state index contributed by atoms with van der Waals surface area (Å²) >= 11 is 0. The number of aryl methyl sites for hydroxylation is 1. The summed E-state index contributed by atoms with van der Waals surface area (Å²) in [5.74, 6) is 0. The third-order valence-corrected chi connectivity index (χ3v) is 6.75. The Bertz CT molecular complexity index is 627. The molecule has 25 heavy (non-hydrogen) atoms. The molecule has 0 bridgehead atoms. The lowest BCUT2D eigenvalue weighted by molar-refractivity contribution is 0.0172. The Hall–Kier alpha value is -0.950. The minimum atomic E-state index is -3.29. The van der Waals surface area contributed by atoms with Crippen LogP contribution in [-0.2, 0) is 14.8 Å². The molecule has 1 saturated heterocycles. The zero-order valence-corrected chi connectivity index (χ0v) is 16.5. The fourth-order valence-corrected chi connectivity index (χ4v) is 4.36. The van der Waals surface area contributed by atoms with Crippen LogP contribution in [0, 0.1) is 6.92 Å². The van der Waals surface area contributed by atoms with Crippen LogP contribution in [-0.4, -0.2) is 51.4 Å². The Labute approximate surface area is 152 Å². The van der Waals surface area contributed by atoms with Gasteiger partial charge in [-0.3, -0.25) is 4.90 Å². The third kappa shape index (κ3) is 6.06. The maximum Gasteiger partial charge on any atom is 0.214 e. The van der Waals surface area contributed by atoms with Crippen molar-refractivity contribution < 1.29 is 13.2 Å². The van der Waals surface area contributed by atoms with E-state index >= 15 is 0 Å². The van der Waals surface area contributed by atoms with Gasteiger partial charge in [0.25, 0.3) is 0 Å². The van der Waals surface area contributed by atoms with E-state index in [0.29, 0.717) is 26.2 Å². The van der Waals surface area contributed by atoms with E-state index in [2.05, 4.69) is 41.7 Å². The first-order valence-electron chi connectivity index (χ1n) is 9.31. The number of unbranched alkanes of at least 4 members (excludes halogenated alkanes) is 1. The molecule has 1 N–H and O–H groups in total. The minimum absolute atomic E-state index is 0.0388. The Kier molecular flexibility index (Phi) is 7.87. The van der Waals surface area contributed by atoms with Crippen LogP contribution in [0.2, 0.25) is 0 Å². The number of benzene rings is 1. The molecule has 1 aliphatic rings. The molecule has 1 heterocycles. The minimum Gasteiger partial charge on any atom is -0.379 e. The predicted octanol–water partition coefficient (Wildman–Crippen LogP) is 2.87. The third-order valence-electron chi connectivity index (χ3n) is 4.89. The molecule has 0 amide bonds. The second kappa shape index (κ2) is 9.67. The van der Waals surface area contributed by atoms with Crippen molar-refractivity contribution in [2.24, 2.45) is 0 Å². The van der Waals surface area contributed by atoms with Crippen molar-refractivity contribution in [1.29, 1.82) is 0 Å². The van der Waals surface area contributed by atoms with Crippen LogP contribution in [0.4, 0.5) is 0 Å². The molecule has 2 atom stereocenters. The summed E-state index contributed by atoms with van der Waals surface area (Å²) in [6.07, 6.45) is 2.66. The molecule has 0 saturated carbocycles. The monoisotopic (exact) mass is 368 g/mol.